The molecule has 2 rings (SSSR count). The Kier molecular flexibility index (Phi) is 9.59. The van der Waals surface area contributed by atoms with Crippen molar-refractivity contribution in [2.45, 2.75) is 59.0 Å². The van der Waals surface area contributed by atoms with Crippen molar-refractivity contribution in [2.24, 2.45) is 5.92 Å². The highest BCUT2D eigenvalue weighted by molar-refractivity contribution is 7.89. The van der Waals surface area contributed by atoms with E-state index >= 15 is 0 Å². The number of nitrogens with zero attached hydrogens (tertiary/aromatic N) is 2. The van der Waals surface area contributed by atoms with Crippen molar-refractivity contribution in [3.63, 3.8) is 0 Å². The topological polar surface area (TPSA) is 69.7 Å². The van der Waals surface area contributed by atoms with Gasteiger partial charge in [0, 0.05) is 38.8 Å². The number of piperidine rings is 1. The maximum atomic E-state index is 12.6. The smallest absolute Gasteiger partial charge is 0.224 e. The molecule has 1 aromatic rings. The Bertz CT molecular complexity index is 722. The molecule has 1 saturated heterocycles. The Morgan fingerprint density at radius 3 is 2.66 bits per heavy atom. The first-order valence-corrected chi connectivity index (χ1v) is 12.5. The summed E-state index contributed by atoms with van der Waals surface area (Å²) in [6.07, 6.45) is 2.99. The monoisotopic (exact) mass is 423 g/mol. The lowest BCUT2D eigenvalue weighted by Crippen LogP contribution is -2.46. The van der Waals surface area contributed by atoms with Crippen molar-refractivity contribution in [2.75, 3.05) is 31.9 Å². The average molecular weight is 424 g/mol. The van der Waals surface area contributed by atoms with E-state index in [0.717, 1.165) is 32.4 Å². The van der Waals surface area contributed by atoms with Crippen LogP contribution in [0.2, 0.25) is 0 Å². The van der Waals surface area contributed by atoms with Gasteiger partial charge in [-0.15, -0.1) is 0 Å². The van der Waals surface area contributed by atoms with Crippen LogP contribution in [0.25, 0.3) is 0 Å². The van der Waals surface area contributed by atoms with Gasteiger partial charge in [0.25, 0.3) is 0 Å². The SMILES string of the molecule is CCCS(=O)(=O)N1CCC[C@@H](C(=O)NCCCN(Cc2ccccc2)C(C)C)C1. The fraction of sp³-hybridized carbons (Fsp3) is 0.682. The van der Waals surface area contributed by atoms with Gasteiger partial charge in [-0.1, -0.05) is 37.3 Å². The summed E-state index contributed by atoms with van der Waals surface area (Å²) in [5.41, 5.74) is 1.29. The molecule has 0 saturated carbocycles. The summed E-state index contributed by atoms with van der Waals surface area (Å²) in [7, 11) is -3.23. The average Bonchev–Trinajstić information content (AvgIpc) is 2.70. The first kappa shape index (κ1) is 23.8. The van der Waals surface area contributed by atoms with Gasteiger partial charge in [0.2, 0.25) is 15.9 Å². The first-order chi connectivity index (χ1) is 13.8. The molecule has 0 radical (unpaired) electrons. The second-order valence-corrected chi connectivity index (χ2v) is 10.3. The number of benzene rings is 1. The zero-order valence-electron chi connectivity index (χ0n) is 18.1. The fourth-order valence-electron chi connectivity index (χ4n) is 3.77. The van der Waals surface area contributed by atoms with Gasteiger partial charge in [-0.25, -0.2) is 12.7 Å². The maximum absolute atomic E-state index is 12.6. The van der Waals surface area contributed by atoms with Gasteiger partial charge in [0.15, 0.2) is 0 Å². The van der Waals surface area contributed by atoms with Gasteiger partial charge in [0.05, 0.1) is 11.7 Å². The number of sulfonamides is 1. The van der Waals surface area contributed by atoms with Crippen LogP contribution in [-0.2, 0) is 21.4 Å². The van der Waals surface area contributed by atoms with E-state index in [9.17, 15) is 13.2 Å². The van der Waals surface area contributed by atoms with Crippen LogP contribution in [0.4, 0.5) is 0 Å². The van der Waals surface area contributed by atoms with Crippen LogP contribution in [0.1, 0.15) is 52.0 Å². The van der Waals surface area contributed by atoms with Gasteiger partial charge in [-0.3, -0.25) is 9.69 Å². The number of rotatable bonds is 11. The highest BCUT2D eigenvalue weighted by atomic mass is 32.2. The summed E-state index contributed by atoms with van der Waals surface area (Å²) in [6, 6.07) is 10.8. The van der Waals surface area contributed by atoms with E-state index in [-0.39, 0.29) is 17.6 Å². The van der Waals surface area contributed by atoms with Gasteiger partial charge in [-0.05, 0) is 45.1 Å². The van der Waals surface area contributed by atoms with E-state index < -0.39 is 10.0 Å². The van der Waals surface area contributed by atoms with Crippen LogP contribution in [-0.4, -0.2) is 61.5 Å². The summed E-state index contributed by atoms with van der Waals surface area (Å²) in [6.45, 7) is 9.53. The highest BCUT2D eigenvalue weighted by Crippen LogP contribution is 2.20. The number of nitrogens with one attached hydrogen (secondary N) is 1. The molecule has 0 bridgehead atoms. The molecule has 1 N–H and O–H groups in total. The maximum Gasteiger partial charge on any atom is 0.224 e. The largest absolute Gasteiger partial charge is 0.356 e. The van der Waals surface area contributed by atoms with Crippen LogP contribution >= 0.6 is 0 Å². The minimum absolute atomic E-state index is 0.0134. The molecule has 6 nitrogen and oxygen atoms in total. The molecule has 1 fully saturated rings. The van der Waals surface area contributed by atoms with E-state index in [1.54, 1.807) is 0 Å². The van der Waals surface area contributed by atoms with Crippen molar-refractivity contribution < 1.29 is 13.2 Å². The number of carbonyl (C=O) groups is 1. The molecular weight excluding hydrogens is 386 g/mol. The summed E-state index contributed by atoms with van der Waals surface area (Å²) < 4.78 is 26.1. The van der Waals surface area contributed by atoms with E-state index in [2.05, 4.69) is 48.3 Å². The molecule has 0 spiro atoms. The molecule has 0 aromatic heterocycles. The Morgan fingerprint density at radius 1 is 1.28 bits per heavy atom. The van der Waals surface area contributed by atoms with E-state index in [0.29, 0.717) is 32.1 Å². The minimum atomic E-state index is -3.23. The Labute approximate surface area is 176 Å². The van der Waals surface area contributed by atoms with Crippen LogP contribution in [0.15, 0.2) is 30.3 Å². The summed E-state index contributed by atoms with van der Waals surface area (Å²) in [5, 5.41) is 3.03. The lowest BCUT2D eigenvalue weighted by molar-refractivity contribution is -0.126. The van der Waals surface area contributed by atoms with Crippen LogP contribution < -0.4 is 5.32 Å². The normalized spacial score (nSPS) is 18.3. The molecule has 1 atom stereocenters. The third-order valence-corrected chi connectivity index (χ3v) is 7.53. The zero-order chi connectivity index (χ0) is 21.3. The number of hydrogen-bond acceptors (Lipinski definition) is 4. The molecule has 1 amide bonds. The van der Waals surface area contributed by atoms with E-state index in [4.69, 9.17) is 0 Å². The summed E-state index contributed by atoms with van der Waals surface area (Å²) >= 11 is 0. The lowest BCUT2D eigenvalue weighted by atomic mass is 9.99. The number of amides is 1. The van der Waals surface area contributed by atoms with Crippen molar-refractivity contribution in [1.29, 1.82) is 0 Å². The van der Waals surface area contributed by atoms with Crippen LogP contribution in [0.3, 0.4) is 0 Å². The molecule has 164 valence electrons. The summed E-state index contributed by atoms with van der Waals surface area (Å²) in [5.74, 6) is -0.0881. The van der Waals surface area contributed by atoms with Crippen LogP contribution in [0.5, 0.6) is 0 Å². The molecule has 7 heteroatoms. The van der Waals surface area contributed by atoms with Gasteiger partial charge >= 0.3 is 0 Å². The van der Waals surface area contributed by atoms with Gasteiger partial charge < -0.3 is 5.32 Å². The first-order valence-electron chi connectivity index (χ1n) is 10.9. The zero-order valence-corrected chi connectivity index (χ0v) is 19.0. The Balaban J connectivity index is 1.76. The predicted molar refractivity (Wildman–Crippen MR) is 118 cm³/mol. The fourth-order valence-corrected chi connectivity index (χ4v) is 5.36. The van der Waals surface area contributed by atoms with Crippen LogP contribution in [0, 0.1) is 5.92 Å². The second-order valence-electron chi connectivity index (χ2n) is 8.21. The molecular formula is C22H37N3O3S. The Hall–Kier alpha value is -1.44. The highest BCUT2D eigenvalue weighted by Gasteiger charge is 2.31. The van der Waals surface area contributed by atoms with E-state index in [1.165, 1.54) is 9.87 Å². The lowest BCUT2D eigenvalue weighted by Gasteiger charge is -2.31. The third-order valence-electron chi connectivity index (χ3n) is 5.49. The van der Waals surface area contributed by atoms with Crippen molar-refractivity contribution in [3.05, 3.63) is 35.9 Å². The molecule has 0 unspecified atom stereocenters. The summed E-state index contributed by atoms with van der Waals surface area (Å²) in [4.78, 5) is 15.0. The van der Waals surface area contributed by atoms with E-state index in [1.807, 2.05) is 13.0 Å². The third kappa shape index (κ3) is 7.72. The Morgan fingerprint density at radius 2 is 2.00 bits per heavy atom. The molecule has 29 heavy (non-hydrogen) atoms. The van der Waals surface area contributed by atoms with Gasteiger partial charge in [-0.2, -0.15) is 0 Å². The van der Waals surface area contributed by atoms with Crippen molar-refractivity contribution in [1.82, 2.24) is 14.5 Å². The molecule has 1 aliphatic heterocycles. The molecule has 1 aromatic carbocycles. The molecule has 1 aliphatic rings. The minimum Gasteiger partial charge on any atom is -0.356 e. The molecule has 1 heterocycles. The van der Waals surface area contributed by atoms with Crippen molar-refractivity contribution >= 4 is 15.9 Å². The second kappa shape index (κ2) is 11.7. The quantitative estimate of drug-likeness (QED) is 0.556. The van der Waals surface area contributed by atoms with Gasteiger partial charge in [0.1, 0.15) is 0 Å². The molecule has 0 aliphatic carbocycles. The van der Waals surface area contributed by atoms with Crippen molar-refractivity contribution in [3.8, 4) is 0 Å². The standard InChI is InChI=1S/C22H37N3O3S/c1-4-16-29(27,28)25-15-8-12-21(18-25)22(26)23-13-9-14-24(19(2)3)17-20-10-6-5-7-11-20/h5-7,10-11,19,21H,4,8-9,12-18H2,1-3H3,(H,23,26)/t21-/m1/s1. The number of carbonyl (C=O) groups excluding carboxylic acids is 1. The predicted octanol–water partition coefficient (Wildman–Crippen LogP) is 2.86. The number of hydrogen-bond donors (Lipinski definition) is 1.